The van der Waals surface area contributed by atoms with Crippen molar-refractivity contribution in [3.63, 3.8) is 0 Å². The van der Waals surface area contributed by atoms with E-state index in [0.29, 0.717) is 21.7 Å². The van der Waals surface area contributed by atoms with Gasteiger partial charge in [0.2, 0.25) is 11.8 Å². The van der Waals surface area contributed by atoms with Gasteiger partial charge in [-0.15, -0.1) is 10.2 Å². The molecular weight excluding hydrogens is 334 g/mol. The van der Waals surface area contributed by atoms with Crippen LogP contribution < -0.4 is 0 Å². The summed E-state index contributed by atoms with van der Waals surface area (Å²) in [4.78, 5) is 14.2. The molecule has 0 aliphatic carbocycles. The summed E-state index contributed by atoms with van der Waals surface area (Å²) in [5.41, 5.74) is 0.686. The number of hydrogen-bond acceptors (Lipinski definition) is 5. The molecule has 0 bridgehead atoms. The molecule has 2 aromatic rings. The second kappa shape index (κ2) is 7.84. The first-order chi connectivity index (χ1) is 10.9. The fraction of sp³-hybridized carbons (Fsp3) is 0.438. The van der Waals surface area contributed by atoms with Crippen LogP contribution in [0.5, 0.6) is 0 Å². The van der Waals surface area contributed by atoms with Crippen LogP contribution in [0.25, 0.3) is 11.5 Å². The van der Waals surface area contributed by atoms with Crippen molar-refractivity contribution < 1.29 is 9.21 Å². The number of carbonyl (C=O) groups excluding carboxylic acids is 1. The van der Waals surface area contributed by atoms with Gasteiger partial charge in [0, 0.05) is 12.1 Å². The topological polar surface area (TPSA) is 59.2 Å². The van der Waals surface area contributed by atoms with Crippen molar-refractivity contribution in [3.8, 4) is 11.5 Å². The molecule has 124 valence electrons. The number of benzene rings is 1. The van der Waals surface area contributed by atoms with E-state index in [1.54, 1.807) is 6.07 Å². The van der Waals surface area contributed by atoms with Crippen molar-refractivity contribution in [3.05, 3.63) is 29.3 Å². The first-order valence-electron chi connectivity index (χ1n) is 7.42. The summed E-state index contributed by atoms with van der Waals surface area (Å²) in [6.45, 7) is 8.02. The minimum Gasteiger partial charge on any atom is -0.411 e. The first kappa shape index (κ1) is 17.8. The van der Waals surface area contributed by atoms with Gasteiger partial charge < -0.3 is 9.32 Å². The molecule has 0 saturated heterocycles. The maximum absolute atomic E-state index is 12.3. The number of aromatic nitrogens is 2. The van der Waals surface area contributed by atoms with Gasteiger partial charge in [-0.25, -0.2) is 0 Å². The maximum atomic E-state index is 12.3. The van der Waals surface area contributed by atoms with Gasteiger partial charge in [0.15, 0.2) is 0 Å². The summed E-state index contributed by atoms with van der Waals surface area (Å²) >= 11 is 7.35. The molecule has 23 heavy (non-hydrogen) atoms. The van der Waals surface area contributed by atoms with E-state index in [4.69, 9.17) is 16.0 Å². The standard InChI is InChI=1S/C16H20ClN3O2S/c1-10(2)20(11(3)4)14(21)9-23-16-19-18-15(22-16)12-7-5-6-8-13(12)17/h5-8,10-11H,9H2,1-4H3. The number of halogens is 1. The van der Waals surface area contributed by atoms with Crippen LogP contribution in [-0.2, 0) is 4.79 Å². The Morgan fingerprint density at radius 3 is 2.48 bits per heavy atom. The molecule has 0 aliphatic rings. The number of amides is 1. The predicted octanol–water partition coefficient (Wildman–Crippen LogP) is 4.13. The smallest absolute Gasteiger partial charge is 0.277 e. The second-order valence-corrected chi connectivity index (χ2v) is 6.96. The highest BCUT2D eigenvalue weighted by Gasteiger charge is 2.21. The predicted molar refractivity (Wildman–Crippen MR) is 92.6 cm³/mol. The van der Waals surface area contributed by atoms with Crippen LogP contribution in [0.2, 0.25) is 5.02 Å². The van der Waals surface area contributed by atoms with Crippen molar-refractivity contribution in [2.24, 2.45) is 0 Å². The molecule has 1 aromatic carbocycles. The first-order valence-corrected chi connectivity index (χ1v) is 8.79. The molecule has 1 amide bonds. The van der Waals surface area contributed by atoms with Gasteiger partial charge >= 0.3 is 0 Å². The number of carbonyl (C=O) groups is 1. The lowest BCUT2D eigenvalue weighted by Crippen LogP contribution is -2.43. The molecule has 2 rings (SSSR count). The normalized spacial score (nSPS) is 11.3. The molecule has 7 heteroatoms. The highest BCUT2D eigenvalue weighted by atomic mass is 35.5. The zero-order valence-electron chi connectivity index (χ0n) is 13.6. The minimum atomic E-state index is 0.0532. The average Bonchev–Trinajstić information content (AvgIpc) is 2.93. The molecule has 0 aliphatic heterocycles. The molecule has 0 N–H and O–H groups in total. The molecule has 0 atom stereocenters. The molecule has 0 spiro atoms. The zero-order valence-corrected chi connectivity index (χ0v) is 15.2. The third-order valence-corrected chi connectivity index (χ3v) is 4.36. The van der Waals surface area contributed by atoms with Crippen LogP contribution in [0, 0.1) is 0 Å². The zero-order chi connectivity index (χ0) is 17.0. The third kappa shape index (κ3) is 4.48. The third-order valence-electron chi connectivity index (χ3n) is 3.23. The van der Waals surface area contributed by atoms with Crippen LogP contribution >= 0.6 is 23.4 Å². The fourth-order valence-electron chi connectivity index (χ4n) is 2.38. The highest BCUT2D eigenvalue weighted by molar-refractivity contribution is 7.99. The van der Waals surface area contributed by atoms with Gasteiger partial charge in [-0.3, -0.25) is 4.79 Å². The van der Waals surface area contributed by atoms with Crippen LogP contribution in [0.15, 0.2) is 33.9 Å². The van der Waals surface area contributed by atoms with Crippen LogP contribution in [0.4, 0.5) is 0 Å². The van der Waals surface area contributed by atoms with Crippen molar-refractivity contribution >= 4 is 29.3 Å². The summed E-state index contributed by atoms with van der Waals surface area (Å²) in [7, 11) is 0. The van der Waals surface area contributed by atoms with E-state index >= 15 is 0 Å². The van der Waals surface area contributed by atoms with Gasteiger partial charge in [-0.1, -0.05) is 35.5 Å². The Balaban J connectivity index is 2.03. The molecule has 5 nitrogen and oxygen atoms in total. The van der Waals surface area contributed by atoms with E-state index in [-0.39, 0.29) is 23.7 Å². The largest absolute Gasteiger partial charge is 0.411 e. The SMILES string of the molecule is CC(C)N(C(=O)CSc1nnc(-c2ccccc2Cl)o1)C(C)C. The summed E-state index contributed by atoms with van der Waals surface area (Å²) in [5, 5.41) is 8.88. The van der Waals surface area contributed by atoms with E-state index in [0.717, 1.165) is 0 Å². The molecule has 0 fully saturated rings. The quantitative estimate of drug-likeness (QED) is 0.731. The Morgan fingerprint density at radius 1 is 1.22 bits per heavy atom. The lowest BCUT2D eigenvalue weighted by molar-refractivity contribution is -0.131. The Kier molecular flexibility index (Phi) is 6.07. The fourth-order valence-corrected chi connectivity index (χ4v) is 3.23. The Labute approximate surface area is 145 Å². The summed E-state index contributed by atoms with van der Waals surface area (Å²) in [6.07, 6.45) is 0. The van der Waals surface area contributed by atoms with Crippen molar-refractivity contribution in [2.75, 3.05) is 5.75 Å². The monoisotopic (exact) mass is 353 g/mol. The van der Waals surface area contributed by atoms with Crippen LogP contribution in [0.1, 0.15) is 27.7 Å². The minimum absolute atomic E-state index is 0.0532. The molecule has 0 unspecified atom stereocenters. The van der Waals surface area contributed by atoms with Gasteiger partial charge in [0.1, 0.15) is 0 Å². The summed E-state index contributed by atoms with van der Waals surface area (Å²) in [5.74, 6) is 0.674. The van der Waals surface area contributed by atoms with E-state index in [1.807, 2.05) is 50.8 Å². The van der Waals surface area contributed by atoms with Crippen molar-refractivity contribution in [2.45, 2.75) is 45.0 Å². The summed E-state index contributed by atoms with van der Waals surface area (Å²) < 4.78 is 5.59. The molecule has 0 radical (unpaired) electrons. The van der Waals surface area contributed by atoms with Crippen molar-refractivity contribution in [1.82, 2.24) is 15.1 Å². The van der Waals surface area contributed by atoms with Gasteiger partial charge in [-0.2, -0.15) is 0 Å². The molecular formula is C16H20ClN3O2S. The van der Waals surface area contributed by atoms with E-state index < -0.39 is 0 Å². The molecule has 1 heterocycles. The van der Waals surface area contributed by atoms with E-state index in [2.05, 4.69) is 10.2 Å². The number of hydrogen-bond donors (Lipinski definition) is 0. The van der Waals surface area contributed by atoms with Gasteiger partial charge in [0.05, 0.1) is 16.3 Å². The lowest BCUT2D eigenvalue weighted by Gasteiger charge is -2.30. The molecule has 1 aromatic heterocycles. The summed E-state index contributed by atoms with van der Waals surface area (Å²) in [6, 6.07) is 7.58. The maximum Gasteiger partial charge on any atom is 0.277 e. The van der Waals surface area contributed by atoms with Crippen LogP contribution in [0.3, 0.4) is 0 Å². The lowest BCUT2D eigenvalue weighted by atomic mass is 10.2. The number of rotatable bonds is 6. The van der Waals surface area contributed by atoms with Gasteiger partial charge in [0.25, 0.3) is 5.22 Å². The van der Waals surface area contributed by atoms with Crippen molar-refractivity contribution in [1.29, 1.82) is 0 Å². The highest BCUT2D eigenvalue weighted by Crippen LogP contribution is 2.28. The van der Waals surface area contributed by atoms with Gasteiger partial charge in [-0.05, 0) is 39.8 Å². The van der Waals surface area contributed by atoms with E-state index in [1.165, 1.54) is 11.8 Å². The second-order valence-electron chi connectivity index (χ2n) is 5.63. The van der Waals surface area contributed by atoms with E-state index in [9.17, 15) is 4.79 Å². The Hall–Kier alpha value is -1.53. The average molecular weight is 354 g/mol. The van der Waals surface area contributed by atoms with Crippen LogP contribution in [-0.4, -0.2) is 38.8 Å². The Morgan fingerprint density at radius 2 is 1.87 bits per heavy atom. The number of nitrogens with zero attached hydrogens (tertiary/aromatic N) is 3. The molecule has 0 saturated carbocycles. The number of thioether (sulfide) groups is 1. The Bertz CT molecular complexity index is 665.